The summed E-state index contributed by atoms with van der Waals surface area (Å²) in [4.78, 5) is 20.9. The standard InChI is InChI=1S/C20H23N3O4/c1-13-18(27-17-6-3-2-5-16(17)25-13)19(24)23-14-7-9-15(10-8-14)26-20-21-11-4-12-22-20/h2-6,11-15,18H,7-10H2,1H3,(H,23,24)/t13-,14?,15?,18-/m1/s1. The van der Waals surface area contributed by atoms with Crippen LogP contribution in [0.2, 0.25) is 0 Å². The highest BCUT2D eigenvalue weighted by molar-refractivity contribution is 5.82. The summed E-state index contributed by atoms with van der Waals surface area (Å²) >= 11 is 0. The average molecular weight is 369 g/mol. The molecular formula is C20H23N3O4. The lowest BCUT2D eigenvalue weighted by atomic mass is 9.92. The molecule has 7 nitrogen and oxygen atoms in total. The fourth-order valence-corrected chi connectivity index (χ4v) is 3.51. The first kappa shape index (κ1) is 17.6. The number of nitrogens with one attached hydrogen (secondary N) is 1. The van der Waals surface area contributed by atoms with Gasteiger partial charge in [-0.25, -0.2) is 9.97 Å². The van der Waals surface area contributed by atoms with E-state index < -0.39 is 6.10 Å². The van der Waals surface area contributed by atoms with Crippen LogP contribution in [-0.2, 0) is 4.79 Å². The van der Waals surface area contributed by atoms with Crippen LogP contribution in [0.15, 0.2) is 42.7 Å². The molecule has 4 rings (SSSR count). The Bertz CT molecular complexity index is 778. The van der Waals surface area contributed by atoms with Gasteiger partial charge in [0.05, 0.1) is 0 Å². The largest absolute Gasteiger partial charge is 0.482 e. The summed E-state index contributed by atoms with van der Waals surface area (Å²) in [7, 11) is 0. The van der Waals surface area contributed by atoms with Crippen LogP contribution in [-0.4, -0.2) is 40.2 Å². The number of ether oxygens (including phenoxy) is 3. The molecule has 142 valence electrons. The molecular weight excluding hydrogens is 346 g/mol. The topological polar surface area (TPSA) is 82.6 Å². The average Bonchev–Trinajstić information content (AvgIpc) is 2.69. The van der Waals surface area contributed by atoms with E-state index in [0.29, 0.717) is 17.5 Å². The summed E-state index contributed by atoms with van der Waals surface area (Å²) in [6.45, 7) is 1.85. The zero-order valence-electron chi connectivity index (χ0n) is 15.2. The molecule has 2 aromatic rings. The third-order valence-electron chi connectivity index (χ3n) is 4.94. The number of para-hydroxylation sites is 2. The maximum atomic E-state index is 12.7. The molecule has 0 saturated heterocycles. The van der Waals surface area contributed by atoms with Crippen molar-refractivity contribution >= 4 is 5.91 Å². The number of carbonyl (C=O) groups is 1. The lowest BCUT2D eigenvalue weighted by molar-refractivity contribution is -0.134. The molecule has 1 aliphatic carbocycles. The molecule has 1 fully saturated rings. The van der Waals surface area contributed by atoms with Crippen molar-refractivity contribution in [3.05, 3.63) is 42.7 Å². The molecule has 1 aromatic carbocycles. The number of carbonyl (C=O) groups excluding carboxylic acids is 1. The number of nitrogens with zero attached hydrogens (tertiary/aromatic N) is 2. The van der Waals surface area contributed by atoms with Crippen LogP contribution in [0.4, 0.5) is 0 Å². The second kappa shape index (κ2) is 7.82. The van der Waals surface area contributed by atoms with Gasteiger partial charge in [-0.15, -0.1) is 0 Å². The molecule has 2 aliphatic rings. The van der Waals surface area contributed by atoms with Crippen LogP contribution in [0.5, 0.6) is 17.5 Å². The fourth-order valence-electron chi connectivity index (χ4n) is 3.51. The van der Waals surface area contributed by atoms with Gasteiger partial charge in [-0.1, -0.05) is 12.1 Å². The molecule has 0 radical (unpaired) electrons. The highest BCUT2D eigenvalue weighted by Gasteiger charge is 2.35. The zero-order chi connectivity index (χ0) is 18.6. The van der Waals surface area contributed by atoms with Crippen LogP contribution in [0.3, 0.4) is 0 Å². The van der Waals surface area contributed by atoms with Crippen molar-refractivity contribution in [3.63, 3.8) is 0 Å². The summed E-state index contributed by atoms with van der Waals surface area (Å²) < 4.78 is 17.5. The van der Waals surface area contributed by atoms with E-state index in [1.807, 2.05) is 31.2 Å². The Balaban J connectivity index is 1.28. The van der Waals surface area contributed by atoms with E-state index in [1.54, 1.807) is 18.5 Å². The van der Waals surface area contributed by atoms with Gasteiger partial charge in [0.15, 0.2) is 11.5 Å². The van der Waals surface area contributed by atoms with Crippen molar-refractivity contribution in [1.29, 1.82) is 0 Å². The minimum Gasteiger partial charge on any atom is -0.482 e. The maximum absolute atomic E-state index is 12.7. The number of benzene rings is 1. The first-order valence-corrected chi connectivity index (χ1v) is 9.35. The molecule has 1 saturated carbocycles. The molecule has 1 aromatic heterocycles. The number of amides is 1. The second-order valence-corrected chi connectivity index (χ2v) is 6.94. The van der Waals surface area contributed by atoms with Crippen LogP contribution in [0, 0.1) is 0 Å². The molecule has 2 heterocycles. The predicted octanol–water partition coefficient (Wildman–Crippen LogP) is 2.51. The molecule has 2 atom stereocenters. The lowest BCUT2D eigenvalue weighted by Crippen LogP contribution is -2.52. The van der Waals surface area contributed by atoms with Gasteiger partial charge in [0.25, 0.3) is 5.91 Å². The Morgan fingerprint density at radius 2 is 1.70 bits per heavy atom. The van der Waals surface area contributed by atoms with E-state index in [9.17, 15) is 4.79 Å². The van der Waals surface area contributed by atoms with E-state index in [-0.39, 0.29) is 24.2 Å². The van der Waals surface area contributed by atoms with Gasteiger partial charge >= 0.3 is 6.01 Å². The molecule has 1 aliphatic heterocycles. The van der Waals surface area contributed by atoms with Gasteiger partial charge in [0.1, 0.15) is 12.2 Å². The third-order valence-corrected chi connectivity index (χ3v) is 4.94. The van der Waals surface area contributed by atoms with Gasteiger partial charge in [0.2, 0.25) is 6.10 Å². The first-order valence-electron chi connectivity index (χ1n) is 9.35. The van der Waals surface area contributed by atoms with E-state index in [1.165, 1.54) is 0 Å². The van der Waals surface area contributed by atoms with Gasteiger partial charge in [-0.3, -0.25) is 4.79 Å². The van der Waals surface area contributed by atoms with Crippen molar-refractivity contribution < 1.29 is 19.0 Å². The zero-order valence-corrected chi connectivity index (χ0v) is 15.2. The SMILES string of the molecule is C[C@H]1Oc2ccccc2O[C@H]1C(=O)NC1CCC(Oc2ncccn2)CC1. The van der Waals surface area contributed by atoms with Crippen molar-refractivity contribution in [3.8, 4) is 17.5 Å². The number of fused-ring (bicyclic) bond motifs is 1. The summed E-state index contributed by atoms with van der Waals surface area (Å²) in [5.41, 5.74) is 0. The second-order valence-electron chi connectivity index (χ2n) is 6.94. The Hall–Kier alpha value is -2.83. The predicted molar refractivity (Wildman–Crippen MR) is 97.8 cm³/mol. The summed E-state index contributed by atoms with van der Waals surface area (Å²) in [6.07, 6.45) is 5.83. The van der Waals surface area contributed by atoms with Gasteiger partial charge in [-0.2, -0.15) is 0 Å². The van der Waals surface area contributed by atoms with Crippen LogP contribution in [0.1, 0.15) is 32.6 Å². The smallest absolute Gasteiger partial charge is 0.316 e. The van der Waals surface area contributed by atoms with Gasteiger partial charge < -0.3 is 19.5 Å². The number of rotatable bonds is 4. The van der Waals surface area contributed by atoms with E-state index >= 15 is 0 Å². The Kier molecular flexibility index (Phi) is 5.09. The van der Waals surface area contributed by atoms with E-state index in [4.69, 9.17) is 14.2 Å². The molecule has 1 amide bonds. The Morgan fingerprint density at radius 1 is 1.04 bits per heavy atom. The molecule has 27 heavy (non-hydrogen) atoms. The minimum absolute atomic E-state index is 0.0839. The van der Waals surface area contributed by atoms with Crippen LogP contribution < -0.4 is 19.5 Å². The van der Waals surface area contributed by atoms with Crippen molar-refractivity contribution in [1.82, 2.24) is 15.3 Å². The normalized spacial score (nSPS) is 26.9. The maximum Gasteiger partial charge on any atom is 0.316 e. The van der Waals surface area contributed by atoms with Crippen LogP contribution >= 0.6 is 0 Å². The lowest BCUT2D eigenvalue weighted by Gasteiger charge is -2.33. The van der Waals surface area contributed by atoms with Crippen molar-refractivity contribution in [2.75, 3.05) is 0 Å². The summed E-state index contributed by atoms with van der Waals surface area (Å²) in [5.74, 6) is 1.15. The summed E-state index contributed by atoms with van der Waals surface area (Å²) in [6, 6.07) is 9.69. The van der Waals surface area contributed by atoms with E-state index in [0.717, 1.165) is 25.7 Å². The number of hydrogen-bond donors (Lipinski definition) is 1. The van der Waals surface area contributed by atoms with E-state index in [2.05, 4.69) is 15.3 Å². The highest BCUT2D eigenvalue weighted by atomic mass is 16.6. The van der Waals surface area contributed by atoms with Gasteiger partial charge in [-0.05, 0) is 50.8 Å². The fraction of sp³-hybridized carbons (Fsp3) is 0.450. The highest BCUT2D eigenvalue weighted by Crippen LogP contribution is 2.33. The molecule has 0 unspecified atom stereocenters. The molecule has 0 spiro atoms. The van der Waals surface area contributed by atoms with Crippen molar-refractivity contribution in [2.45, 2.75) is 57.0 Å². The summed E-state index contributed by atoms with van der Waals surface area (Å²) in [5, 5.41) is 3.10. The number of aromatic nitrogens is 2. The molecule has 7 heteroatoms. The molecule has 0 bridgehead atoms. The Labute approximate surface area is 158 Å². The Morgan fingerprint density at radius 3 is 2.41 bits per heavy atom. The monoisotopic (exact) mass is 369 g/mol. The van der Waals surface area contributed by atoms with Gasteiger partial charge in [0, 0.05) is 18.4 Å². The van der Waals surface area contributed by atoms with Crippen molar-refractivity contribution in [2.24, 2.45) is 0 Å². The minimum atomic E-state index is -0.647. The quantitative estimate of drug-likeness (QED) is 0.892. The number of hydrogen-bond acceptors (Lipinski definition) is 6. The molecule has 1 N–H and O–H groups in total. The van der Waals surface area contributed by atoms with Crippen LogP contribution in [0.25, 0.3) is 0 Å². The third kappa shape index (κ3) is 4.13. The first-order chi connectivity index (χ1) is 13.2.